The molecule has 13 heavy (non-hydrogen) atoms. The third kappa shape index (κ3) is 1.41. The van der Waals surface area contributed by atoms with Crippen LogP contribution in [-0.4, -0.2) is 10.9 Å². The average molecular weight is 176 g/mol. The zero-order valence-corrected chi connectivity index (χ0v) is 7.36. The van der Waals surface area contributed by atoms with E-state index in [0.29, 0.717) is 0 Å². The normalized spacial score (nSPS) is 20.8. The van der Waals surface area contributed by atoms with Crippen molar-refractivity contribution in [3.8, 4) is 0 Å². The Balaban J connectivity index is 2.42. The summed E-state index contributed by atoms with van der Waals surface area (Å²) in [7, 11) is 0. The number of hydrogen-bond acceptors (Lipinski definition) is 2. The molecule has 0 aromatic carbocycles. The molecule has 3 nitrogen and oxygen atoms in total. The Morgan fingerprint density at radius 3 is 3.23 bits per heavy atom. The number of nitrogens with two attached hydrogens (primary N) is 1. The summed E-state index contributed by atoms with van der Waals surface area (Å²) in [4.78, 5) is 15.3. The van der Waals surface area contributed by atoms with Gasteiger partial charge in [0.1, 0.15) is 0 Å². The number of fused-ring (bicyclic) bond motifs is 1. The fourth-order valence-corrected chi connectivity index (χ4v) is 1.89. The Bertz CT molecular complexity index is 335. The summed E-state index contributed by atoms with van der Waals surface area (Å²) in [5.74, 6) is -0.412. The predicted octanol–water partition coefficient (Wildman–Crippen LogP) is 0.987. The summed E-state index contributed by atoms with van der Waals surface area (Å²) in [6.07, 6.45) is 4.62. The monoisotopic (exact) mass is 176 g/mol. The summed E-state index contributed by atoms with van der Waals surface area (Å²) in [5, 5.41) is 0. The molecule has 0 bridgehead atoms. The largest absolute Gasteiger partial charge is 0.369 e. The van der Waals surface area contributed by atoms with Gasteiger partial charge in [-0.1, -0.05) is 6.07 Å². The van der Waals surface area contributed by atoms with E-state index in [1.807, 2.05) is 12.1 Å². The number of carbonyl (C=O) groups is 1. The van der Waals surface area contributed by atoms with E-state index in [9.17, 15) is 4.79 Å². The molecule has 2 N–H and O–H groups in total. The second-order valence-corrected chi connectivity index (χ2v) is 3.39. The van der Waals surface area contributed by atoms with Crippen molar-refractivity contribution in [2.75, 3.05) is 0 Å². The van der Waals surface area contributed by atoms with Crippen LogP contribution in [0.2, 0.25) is 0 Å². The molecule has 0 saturated heterocycles. The molecular formula is C10H12N2O. The minimum Gasteiger partial charge on any atom is -0.369 e. The number of aromatic nitrogens is 1. The van der Waals surface area contributed by atoms with Gasteiger partial charge in [0.15, 0.2) is 0 Å². The molecule has 0 radical (unpaired) electrons. The Kier molecular flexibility index (Phi) is 2.00. The molecular weight excluding hydrogens is 164 g/mol. The number of primary amides is 1. The molecule has 1 aliphatic carbocycles. The van der Waals surface area contributed by atoms with Crippen molar-refractivity contribution in [2.45, 2.75) is 25.2 Å². The fourth-order valence-electron chi connectivity index (χ4n) is 1.89. The minimum atomic E-state index is -0.250. The van der Waals surface area contributed by atoms with Crippen LogP contribution in [0.3, 0.4) is 0 Å². The van der Waals surface area contributed by atoms with Crippen molar-refractivity contribution in [1.29, 1.82) is 0 Å². The van der Waals surface area contributed by atoms with Gasteiger partial charge in [-0.05, 0) is 30.9 Å². The van der Waals surface area contributed by atoms with Crippen LogP contribution in [0.5, 0.6) is 0 Å². The quantitative estimate of drug-likeness (QED) is 0.693. The first-order valence-corrected chi connectivity index (χ1v) is 4.52. The topological polar surface area (TPSA) is 56.0 Å². The highest BCUT2D eigenvalue weighted by Gasteiger charge is 2.25. The van der Waals surface area contributed by atoms with Gasteiger partial charge in [0, 0.05) is 6.20 Å². The number of carbonyl (C=O) groups excluding carboxylic acids is 1. The van der Waals surface area contributed by atoms with Crippen molar-refractivity contribution in [3.63, 3.8) is 0 Å². The first-order valence-electron chi connectivity index (χ1n) is 4.52. The Labute approximate surface area is 77.0 Å². The lowest BCUT2D eigenvalue weighted by molar-refractivity contribution is -0.119. The van der Waals surface area contributed by atoms with E-state index in [1.54, 1.807) is 6.20 Å². The number of nitrogens with zero attached hydrogens (tertiary/aromatic N) is 1. The smallest absolute Gasteiger partial charge is 0.226 e. The van der Waals surface area contributed by atoms with Gasteiger partial charge in [-0.3, -0.25) is 9.78 Å². The first kappa shape index (κ1) is 8.23. The van der Waals surface area contributed by atoms with Gasteiger partial charge in [-0.15, -0.1) is 0 Å². The van der Waals surface area contributed by atoms with E-state index in [0.717, 1.165) is 25.0 Å². The maximum absolute atomic E-state index is 11.1. The minimum absolute atomic E-state index is 0.162. The van der Waals surface area contributed by atoms with Gasteiger partial charge in [-0.25, -0.2) is 0 Å². The summed E-state index contributed by atoms with van der Waals surface area (Å²) >= 11 is 0. The molecule has 0 aliphatic heterocycles. The third-order valence-electron chi connectivity index (χ3n) is 2.54. The first-order chi connectivity index (χ1) is 6.29. The standard InChI is InChI=1S/C10H12N2O/c11-10(13)8-5-1-3-7-4-2-6-12-9(7)8/h2,4,6,8H,1,3,5H2,(H2,11,13). The molecule has 2 rings (SSSR count). The van der Waals surface area contributed by atoms with Gasteiger partial charge < -0.3 is 5.73 Å². The highest BCUT2D eigenvalue weighted by atomic mass is 16.1. The van der Waals surface area contributed by atoms with Gasteiger partial charge in [0.05, 0.1) is 11.6 Å². The number of pyridine rings is 1. The summed E-state index contributed by atoms with van der Waals surface area (Å²) in [5.41, 5.74) is 7.37. The van der Waals surface area contributed by atoms with Crippen LogP contribution in [0.15, 0.2) is 18.3 Å². The number of hydrogen-bond donors (Lipinski definition) is 1. The lowest BCUT2D eigenvalue weighted by Gasteiger charge is -2.21. The van der Waals surface area contributed by atoms with Crippen molar-refractivity contribution < 1.29 is 4.79 Å². The van der Waals surface area contributed by atoms with Crippen LogP contribution < -0.4 is 5.73 Å². The Morgan fingerprint density at radius 1 is 1.62 bits per heavy atom. The maximum atomic E-state index is 11.1. The lowest BCUT2D eigenvalue weighted by atomic mass is 9.86. The fraction of sp³-hybridized carbons (Fsp3) is 0.400. The SMILES string of the molecule is NC(=O)C1CCCc2cccnc21. The summed E-state index contributed by atoms with van der Waals surface area (Å²) in [6, 6.07) is 3.93. The van der Waals surface area contributed by atoms with Crippen LogP contribution >= 0.6 is 0 Å². The molecule has 0 saturated carbocycles. The van der Waals surface area contributed by atoms with Gasteiger partial charge in [0.25, 0.3) is 0 Å². The van der Waals surface area contributed by atoms with E-state index in [1.165, 1.54) is 5.56 Å². The molecule has 0 spiro atoms. The Hall–Kier alpha value is -1.38. The molecule has 3 heteroatoms. The second kappa shape index (κ2) is 3.17. The van der Waals surface area contributed by atoms with Crippen LogP contribution in [0, 0.1) is 0 Å². The second-order valence-electron chi connectivity index (χ2n) is 3.39. The van der Waals surface area contributed by atoms with E-state index in [2.05, 4.69) is 4.98 Å². The van der Waals surface area contributed by atoms with Gasteiger partial charge in [0.2, 0.25) is 5.91 Å². The van der Waals surface area contributed by atoms with Crippen molar-refractivity contribution >= 4 is 5.91 Å². The Morgan fingerprint density at radius 2 is 2.46 bits per heavy atom. The number of rotatable bonds is 1. The summed E-state index contributed by atoms with van der Waals surface area (Å²) < 4.78 is 0. The molecule has 0 fully saturated rings. The molecule has 1 atom stereocenters. The highest BCUT2D eigenvalue weighted by molar-refractivity contribution is 5.82. The van der Waals surface area contributed by atoms with E-state index >= 15 is 0 Å². The zero-order valence-electron chi connectivity index (χ0n) is 7.36. The number of amides is 1. The predicted molar refractivity (Wildman–Crippen MR) is 49.1 cm³/mol. The maximum Gasteiger partial charge on any atom is 0.226 e. The molecule has 1 heterocycles. The van der Waals surface area contributed by atoms with Crippen molar-refractivity contribution in [2.24, 2.45) is 5.73 Å². The van der Waals surface area contributed by atoms with Gasteiger partial charge >= 0.3 is 0 Å². The highest BCUT2D eigenvalue weighted by Crippen LogP contribution is 2.28. The van der Waals surface area contributed by atoms with Crippen LogP contribution in [0.1, 0.15) is 30.0 Å². The van der Waals surface area contributed by atoms with E-state index in [-0.39, 0.29) is 11.8 Å². The van der Waals surface area contributed by atoms with Gasteiger partial charge in [-0.2, -0.15) is 0 Å². The number of aryl methyl sites for hydroxylation is 1. The molecule has 1 aromatic rings. The molecule has 1 amide bonds. The van der Waals surface area contributed by atoms with Crippen LogP contribution in [-0.2, 0) is 11.2 Å². The summed E-state index contributed by atoms with van der Waals surface area (Å²) in [6.45, 7) is 0. The lowest BCUT2D eigenvalue weighted by Crippen LogP contribution is -2.25. The zero-order chi connectivity index (χ0) is 9.26. The van der Waals surface area contributed by atoms with Crippen molar-refractivity contribution in [3.05, 3.63) is 29.6 Å². The molecule has 1 unspecified atom stereocenters. The molecule has 1 aliphatic rings. The van der Waals surface area contributed by atoms with Crippen LogP contribution in [0.4, 0.5) is 0 Å². The third-order valence-corrected chi connectivity index (χ3v) is 2.54. The molecule has 68 valence electrons. The van der Waals surface area contributed by atoms with E-state index in [4.69, 9.17) is 5.73 Å². The van der Waals surface area contributed by atoms with E-state index < -0.39 is 0 Å². The average Bonchev–Trinajstić information content (AvgIpc) is 2.17. The molecule has 1 aromatic heterocycles. The van der Waals surface area contributed by atoms with Crippen LogP contribution in [0.25, 0.3) is 0 Å². The van der Waals surface area contributed by atoms with Crippen molar-refractivity contribution in [1.82, 2.24) is 4.98 Å².